The van der Waals surface area contributed by atoms with E-state index >= 15 is 0 Å². The average molecular weight is 209 g/mol. The van der Waals surface area contributed by atoms with Gasteiger partial charge < -0.3 is 0 Å². The number of likely N-dealkylation sites (tertiary alicyclic amines) is 1. The van der Waals surface area contributed by atoms with Gasteiger partial charge in [0.25, 0.3) is 0 Å². The largest absolute Gasteiger partial charge is 0.300 e. The van der Waals surface area contributed by atoms with Gasteiger partial charge in [0, 0.05) is 12.6 Å². The fourth-order valence-electron chi connectivity index (χ4n) is 2.21. The normalized spacial score (nSPS) is 22.9. The quantitative estimate of drug-likeness (QED) is 0.603. The molecule has 0 N–H and O–H groups in total. The van der Waals surface area contributed by atoms with Gasteiger partial charge in [-0.25, -0.2) is 0 Å². The molecule has 0 aliphatic carbocycles. The summed E-state index contributed by atoms with van der Waals surface area (Å²) in [4.78, 5) is 2.64. The van der Waals surface area contributed by atoms with Crippen molar-refractivity contribution in [1.29, 1.82) is 0 Å². The number of hydrogen-bond donors (Lipinski definition) is 0. The van der Waals surface area contributed by atoms with Crippen molar-refractivity contribution in [3.8, 4) is 0 Å². The average Bonchev–Trinajstić information content (AvgIpc) is 2.11. The summed E-state index contributed by atoms with van der Waals surface area (Å²) in [5.41, 5.74) is 0. The third-order valence-electron chi connectivity index (χ3n) is 3.11. The second kappa shape index (κ2) is 6.32. The van der Waals surface area contributed by atoms with E-state index in [1.165, 1.54) is 32.4 Å². The van der Waals surface area contributed by atoms with Gasteiger partial charge in [-0.2, -0.15) is 0 Å². The maximum Gasteiger partial charge on any atom is 0.0110 e. The second-order valence-corrected chi connectivity index (χ2v) is 5.57. The summed E-state index contributed by atoms with van der Waals surface area (Å²) in [7, 11) is 0. The van der Waals surface area contributed by atoms with E-state index in [0.717, 1.165) is 12.0 Å². The minimum absolute atomic E-state index is 0.702. The van der Waals surface area contributed by atoms with Crippen molar-refractivity contribution in [2.75, 3.05) is 13.1 Å². The summed E-state index contributed by atoms with van der Waals surface area (Å²) < 4.78 is 0. The van der Waals surface area contributed by atoms with Crippen molar-refractivity contribution in [1.82, 2.24) is 4.90 Å². The Morgan fingerprint density at radius 1 is 1.27 bits per heavy atom. The molecule has 0 bridgehead atoms. The molecule has 0 aromatic carbocycles. The van der Waals surface area contributed by atoms with E-state index in [1.54, 1.807) is 0 Å². The van der Waals surface area contributed by atoms with Gasteiger partial charge in [0.15, 0.2) is 0 Å². The second-order valence-electron chi connectivity index (χ2n) is 5.57. The van der Waals surface area contributed by atoms with E-state index in [2.05, 4.69) is 44.7 Å². The van der Waals surface area contributed by atoms with Crippen molar-refractivity contribution < 1.29 is 0 Å². The zero-order valence-corrected chi connectivity index (χ0v) is 10.9. The van der Waals surface area contributed by atoms with Crippen LogP contribution in [0.2, 0.25) is 0 Å². The van der Waals surface area contributed by atoms with Crippen molar-refractivity contribution in [2.24, 2.45) is 11.8 Å². The molecule has 0 radical (unpaired) electrons. The fraction of sp³-hybridized carbons (Fsp3) is 0.857. The molecular formula is C14H27N. The Morgan fingerprint density at radius 3 is 2.47 bits per heavy atom. The molecule has 0 aromatic heterocycles. The minimum Gasteiger partial charge on any atom is -0.300 e. The lowest BCUT2D eigenvalue weighted by molar-refractivity contribution is 0.0764. The molecule has 0 aromatic rings. The predicted octanol–water partition coefficient (Wildman–Crippen LogP) is 3.71. The van der Waals surface area contributed by atoms with Crippen LogP contribution in [0.4, 0.5) is 0 Å². The monoisotopic (exact) mass is 209 g/mol. The zero-order chi connectivity index (χ0) is 11.3. The molecule has 1 atom stereocenters. The Bertz CT molecular complexity index is 194. The smallest absolute Gasteiger partial charge is 0.0110 e. The van der Waals surface area contributed by atoms with Crippen molar-refractivity contribution in [3.63, 3.8) is 0 Å². The van der Waals surface area contributed by atoms with E-state index in [9.17, 15) is 0 Å². The van der Waals surface area contributed by atoms with Crippen molar-refractivity contribution in [3.05, 3.63) is 12.2 Å². The Labute approximate surface area is 95.5 Å². The van der Waals surface area contributed by atoms with Gasteiger partial charge in [0.1, 0.15) is 0 Å². The van der Waals surface area contributed by atoms with E-state index < -0.39 is 0 Å². The molecule has 0 spiro atoms. The summed E-state index contributed by atoms with van der Waals surface area (Å²) in [5, 5.41) is 0. The van der Waals surface area contributed by atoms with Crippen LogP contribution in [-0.2, 0) is 0 Å². The van der Waals surface area contributed by atoms with E-state index in [1.807, 2.05) is 0 Å². The molecule has 1 aliphatic heterocycles. The molecule has 15 heavy (non-hydrogen) atoms. The molecular weight excluding hydrogens is 182 g/mol. The fourth-order valence-corrected chi connectivity index (χ4v) is 2.21. The molecule has 1 heteroatoms. The topological polar surface area (TPSA) is 3.24 Å². The highest BCUT2D eigenvalue weighted by atomic mass is 15.2. The lowest BCUT2D eigenvalue weighted by atomic mass is 9.93. The summed E-state index contributed by atoms with van der Waals surface area (Å²) in [6.45, 7) is 11.7. The van der Waals surface area contributed by atoms with Gasteiger partial charge in [-0.3, -0.25) is 4.90 Å². The van der Waals surface area contributed by atoms with Gasteiger partial charge in [-0.15, -0.1) is 0 Å². The number of allylic oxidation sites excluding steroid dienone is 1. The SMILES string of the molecule is CC(C)/C=C/CCN1CC[C@@H]1CC(C)C. The molecule has 0 unspecified atom stereocenters. The summed E-state index contributed by atoms with van der Waals surface area (Å²) >= 11 is 0. The Morgan fingerprint density at radius 2 is 2.00 bits per heavy atom. The Kier molecular flexibility index (Phi) is 5.38. The molecule has 88 valence electrons. The van der Waals surface area contributed by atoms with Crippen LogP contribution < -0.4 is 0 Å². The molecule has 1 aliphatic rings. The highest BCUT2D eigenvalue weighted by Gasteiger charge is 2.27. The van der Waals surface area contributed by atoms with Crippen LogP contribution >= 0.6 is 0 Å². The molecule has 1 rings (SSSR count). The molecule has 1 nitrogen and oxygen atoms in total. The lowest BCUT2D eigenvalue weighted by Crippen LogP contribution is -2.48. The van der Waals surface area contributed by atoms with Gasteiger partial charge in [0.05, 0.1) is 0 Å². The molecule has 0 amide bonds. The standard InChI is InChI=1S/C14H27N/c1-12(2)7-5-6-9-15-10-8-14(15)11-13(3)4/h5,7,12-14H,6,8-11H2,1-4H3/b7-5+/t14-/m1/s1. The van der Waals surface area contributed by atoms with Crippen LogP contribution in [0.25, 0.3) is 0 Å². The molecule has 1 saturated heterocycles. The van der Waals surface area contributed by atoms with Gasteiger partial charge in [0.2, 0.25) is 0 Å². The maximum absolute atomic E-state index is 2.64. The zero-order valence-electron chi connectivity index (χ0n) is 10.9. The maximum atomic E-state index is 2.64. The van der Waals surface area contributed by atoms with Crippen molar-refractivity contribution >= 4 is 0 Å². The molecule has 1 fully saturated rings. The van der Waals surface area contributed by atoms with Crippen molar-refractivity contribution in [2.45, 2.75) is 53.0 Å². The molecule has 0 saturated carbocycles. The van der Waals surface area contributed by atoms with Crippen LogP contribution in [-0.4, -0.2) is 24.0 Å². The van der Waals surface area contributed by atoms with Crippen LogP contribution in [0.5, 0.6) is 0 Å². The summed E-state index contributed by atoms with van der Waals surface area (Å²) in [6.07, 6.45) is 8.69. The van der Waals surface area contributed by atoms with Crippen LogP contribution in [0.15, 0.2) is 12.2 Å². The summed E-state index contributed by atoms with van der Waals surface area (Å²) in [6, 6.07) is 0.887. The Hall–Kier alpha value is -0.300. The first kappa shape index (κ1) is 12.8. The van der Waals surface area contributed by atoms with Crippen LogP contribution in [0.3, 0.4) is 0 Å². The summed E-state index contributed by atoms with van der Waals surface area (Å²) in [5.74, 6) is 1.55. The number of nitrogens with zero attached hydrogens (tertiary/aromatic N) is 1. The highest BCUT2D eigenvalue weighted by Crippen LogP contribution is 2.23. The third kappa shape index (κ3) is 4.83. The lowest BCUT2D eigenvalue weighted by Gasteiger charge is -2.42. The van der Waals surface area contributed by atoms with Crippen LogP contribution in [0, 0.1) is 11.8 Å². The predicted molar refractivity (Wildman–Crippen MR) is 68.0 cm³/mol. The van der Waals surface area contributed by atoms with Gasteiger partial charge in [-0.05, 0) is 37.6 Å². The molecule has 1 heterocycles. The van der Waals surface area contributed by atoms with E-state index in [-0.39, 0.29) is 0 Å². The van der Waals surface area contributed by atoms with Crippen LogP contribution in [0.1, 0.15) is 47.0 Å². The minimum atomic E-state index is 0.702. The number of rotatable bonds is 6. The third-order valence-corrected chi connectivity index (χ3v) is 3.11. The first-order valence-electron chi connectivity index (χ1n) is 6.50. The first-order chi connectivity index (χ1) is 7.09. The first-order valence-corrected chi connectivity index (χ1v) is 6.50. The van der Waals surface area contributed by atoms with Gasteiger partial charge in [-0.1, -0.05) is 39.8 Å². The van der Waals surface area contributed by atoms with E-state index in [4.69, 9.17) is 0 Å². The van der Waals surface area contributed by atoms with E-state index in [0.29, 0.717) is 5.92 Å². The van der Waals surface area contributed by atoms with Gasteiger partial charge >= 0.3 is 0 Å². The number of hydrogen-bond acceptors (Lipinski definition) is 1. The highest BCUT2D eigenvalue weighted by molar-refractivity contribution is 4.89. The Balaban J connectivity index is 2.11.